The molecule has 320 valence electrons. The van der Waals surface area contributed by atoms with Gasteiger partial charge in [-0.1, -0.05) is 140 Å². The van der Waals surface area contributed by atoms with Crippen molar-refractivity contribution >= 4 is 19.8 Å². The molecule has 10 nitrogen and oxygen atoms in total. The van der Waals surface area contributed by atoms with E-state index in [2.05, 4.69) is 50.3 Å². The molecule has 1 rings (SSSR count). The highest BCUT2D eigenvalue weighted by Gasteiger charge is 2.37. The van der Waals surface area contributed by atoms with Crippen molar-refractivity contribution in [3.8, 4) is 0 Å². The molecule has 1 aliphatic rings. The lowest BCUT2D eigenvalue weighted by molar-refractivity contribution is -0.870. The summed E-state index contributed by atoms with van der Waals surface area (Å²) in [5, 5.41) is 0. The quantitative estimate of drug-likeness (QED) is 0.0162. The number of ether oxygens (including phenoxy) is 3. The molecule has 0 aliphatic carbocycles. The number of esters is 2. The van der Waals surface area contributed by atoms with Crippen LogP contribution in [0.25, 0.3) is 0 Å². The van der Waals surface area contributed by atoms with Gasteiger partial charge in [0.1, 0.15) is 19.8 Å². The standard InChI is InChI=1S/C44H80NO9P/c1-6-8-10-12-14-16-18-20-22-24-26-28-30-34-43(46)50-38-40(39-52-55(48,49)51-37-36-45(3,4)5)53-44(47)35-31-33-42-41(54-42)32-29-27-25-23-21-19-17-15-13-11-9-7-2/h15,17,21,23,27,29,40-42H,6-14,16,18-20,22,24-26,28,30-39H2,1-5H3/p+1/b17-15-,23-21-,29-27-. The molecule has 4 atom stereocenters. The normalized spacial score (nSPS) is 17.6. The summed E-state index contributed by atoms with van der Waals surface area (Å²) in [5.74, 6) is -0.873. The molecule has 0 aromatic carbocycles. The van der Waals surface area contributed by atoms with Gasteiger partial charge in [0.15, 0.2) is 6.10 Å². The summed E-state index contributed by atoms with van der Waals surface area (Å²) < 4.78 is 40.1. The summed E-state index contributed by atoms with van der Waals surface area (Å²) in [6.45, 7) is 4.30. The fourth-order valence-electron chi connectivity index (χ4n) is 6.04. The van der Waals surface area contributed by atoms with Crippen LogP contribution in [0.3, 0.4) is 0 Å². The van der Waals surface area contributed by atoms with Crippen LogP contribution in [-0.4, -0.2) is 87.1 Å². The Balaban J connectivity index is 2.35. The Morgan fingerprint density at radius 3 is 1.84 bits per heavy atom. The van der Waals surface area contributed by atoms with Gasteiger partial charge in [0.25, 0.3) is 0 Å². The van der Waals surface area contributed by atoms with Crippen LogP contribution in [0, 0.1) is 0 Å². The van der Waals surface area contributed by atoms with Crippen LogP contribution in [0.2, 0.25) is 0 Å². The number of carbonyl (C=O) groups excluding carboxylic acids is 2. The minimum atomic E-state index is -4.40. The predicted octanol–water partition coefficient (Wildman–Crippen LogP) is 11.1. The summed E-state index contributed by atoms with van der Waals surface area (Å²) in [6, 6.07) is 0. The van der Waals surface area contributed by atoms with Gasteiger partial charge in [-0.15, -0.1) is 0 Å². The van der Waals surface area contributed by atoms with Gasteiger partial charge in [-0.25, -0.2) is 4.57 Å². The van der Waals surface area contributed by atoms with E-state index in [4.69, 9.17) is 23.3 Å². The maximum Gasteiger partial charge on any atom is 0.472 e. The minimum absolute atomic E-state index is 0.0179. The SMILES string of the molecule is CCCCC/C=C\C/C=C\C/C=C\CC1OC1CCCC(=O)OC(COC(=O)CCCCCCCCCCCCCCC)COP(=O)(O)OCC[N+](C)(C)C. The van der Waals surface area contributed by atoms with Crippen molar-refractivity contribution in [2.45, 2.75) is 186 Å². The highest BCUT2D eigenvalue weighted by molar-refractivity contribution is 7.47. The molecule has 0 amide bonds. The lowest BCUT2D eigenvalue weighted by Crippen LogP contribution is -2.37. The van der Waals surface area contributed by atoms with E-state index in [1.54, 1.807) is 0 Å². The first-order chi connectivity index (χ1) is 26.5. The van der Waals surface area contributed by atoms with Crippen molar-refractivity contribution in [1.82, 2.24) is 0 Å². The fourth-order valence-corrected chi connectivity index (χ4v) is 6.78. The number of unbranched alkanes of at least 4 members (excludes halogenated alkanes) is 15. The topological polar surface area (TPSA) is 121 Å². The van der Waals surface area contributed by atoms with Crippen molar-refractivity contribution in [1.29, 1.82) is 0 Å². The van der Waals surface area contributed by atoms with E-state index >= 15 is 0 Å². The fraction of sp³-hybridized carbons (Fsp3) is 0.818. The molecule has 1 heterocycles. The molecule has 0 spiro atoms. The maximum atomic E-state index is 12.7. The van der Waals surface area contributed by atoms with Gasteiger partial charge >= 0.3 is 19.8 Å². The minimum Gasteiger partial charge on any atom is -0.462 e. The molecule has 1 aliphatic heterocycles. The molecular weight excluding hydrogens is 717 g/mol. The van der Waals surface area contributed by atoms with E-state index in [9.17, 15) is 19.0 Å². The van der Waals surface area contributed by atoms with Crippen LogP contribution in [-0.2, 0) is 37.4 Å². The van der Waals surface area contributed by atoms with Crippen molar-refractivity contribution in [3.05, 3.63) is 36.5 Å². The van der Waals surface area contributed by atoms with Crippen LogP contribution in [0.15, 0.2) is 36.5 Å². The average Bonchev–Trinajstić information content (AvgIpc) is 3.88. The second kappa shape index (κ2) is 33.2. The lowest BCUT2D eigenvalue weighted by Gasteiger charge is -2.24. The Labute approximate surface area is 336 Å². The summed E-state index contributed by atoms with van der Waals surface area (Å²) in [5.41, 5.74) is 0. The Morgan fingerprint density at radius 1 is 0.673 bits per heavy atom. The Kier molecular flexibility index (Phi) is 30.9. The van der Waals surface area contributed by atoms with Gasteiger partial charge in [-0.3, -0.25) is 18.6 Å². The number of phosphoric ester groups is 1. The highest BCUT2D eigenvalue weighted by atomic mass is 31.2. The van der Waals surface area contributed by atoms with Crippen molar-refractivity contribution in [2.24, 2.45) is 0 Å². The van der Waals surface area contributed by atoms with E-state index in [0.717, 1.165) is 44.9 Å². The number of allylic oxidation sites excluding steroid dienone is 5. The van der Waals surface area contributed by atoms with Gasteiger partial charge in [0, 0.05) is 12.8 Å². The molecule has 0 aromatic heterocycles. The largest absolute Gasteiger partial charge is 0.472 e. The molecule has 0 saturated carbocycles. The van der Waals surface area contributed by atoms with Crippen LogP contribution in [0.4, 0.5) is 0 Å². The van der Waals surface area contributed by atoms with E-state index < -0.39 is 26.5 Å². The summed E-state index contributed by atoms with van der Waals surface area (Å²) in [4.78, 5) is 35.4. The third-order valence-electron chi connectivity index (χ3n) is 9.60. The van der Waals surface area contributed by atoms with Crippen LogP contribution in [0.1, 0.15) is 168 Å². The number of hydrogen-bond donors (Lipinski definition) is 1. The summed E-state index contributed by atoms with van der Waals surface area (Å²) in [7, 11) is 1.43. The van der Waals surface area contributed by atoms with Gasteiger partial charge in [0.2, 0.25) is 0 Å². The molecule has 0 radical (unpaired) electrons. The number of phosphoric acid groups is 1. The van der Waals surface area contributed by atoms with E-state index in [0.29, 0.717) is 17.4 Å². The first kappa shape index (κ1) is 51.2. The van der Waals surface area contributed by atoms with Crippen molar-refractivity contribution in [3.63, 3.8) is 0 Å². The van der Waals surface area contributed by atoms with Gasteiger partial charge in [0.05, 0.1) is 40.0 Å². The first-order valence-corrected chi connectivity index (χ1v) is 23.3. The molecule has 55 heavy (non-hydrogen) atoms. The zero-order chi connectivity index (χ0) is 40.5. The van der Waals surface area contributed by atoms with Crippen LogP contribution in [0.5, 0.6) is 0 Å². The molecule has 1 fully saturated rings. The maximum absolute atomic E-state index is 12.7. The van der Waals surface area contributed by atoms with Gasteiger partial charge in [-0.05, 0) is 51.4 Å². The smallest absolute Gasteiger partial charge is 0.462 e. The van der Waals surface area contributed by atoms with Crippen molar-refractivity contribution in [2.75, 3.05) is 47.5 Å². The third-order valence-corrected chi connectivity index (χ3v) is 10.6. The van der Waals surface area contributed by atoms with Crippen LogP contribution >= 0.6 is 7.82 Å². The van der Waals surface area contributed by atoms with E-state index in [-0.39, 0.29) is 44.2 Å². The third kappa shape index (κ3) is 34.0. The highest BCUT2D eigenvalue weighted by Crippen LogP contribution is 2.43. The predicted molar refractivity (Wildman–Crippen MR) is 224 cm³/mol. The molecule has 0 bridgehead atoms. The molecule has 1 N–H and O–H groups in total. The Hall–Kier alpha value is -1.81. The second-order valence-electron chi connectivity index (χ2n) is 16.1. The summed E-state index contributed by atoms with van der Waals surface area (Å²) in [6.07, 6.45) is 37.8. The molecular formula is C44H81NO9P+. The van der Waals surface area contributed by atoms with E-state index in [1.165, 1.54) is 89.9 Å². The Bertz CT molecular complexity index is 1100. The zero-order valence-corrected chi connectivity index (χ0v) is 36.5. The number of carbonyl (C=O) groups is 2. The van der Waals surface area contributed by atoms with Crippen LogP contribution < -0.4 is 0 Å². The number of epoxide rings is 1. The number of rotatable bonds is 38. The molecule has 11 heteroatoms. The van der Waals surface area contributed by atoms with E-state index in [1.807, 2.05) is 21.1 Å². The number of nitrogens with zero attached hydrogens (tertiary/aromatic N) is 1. The first-order valence-electron chi connectivity index (χ1n) is 21.8. The molecule has 1 saturated heterocycles. The number of quaternary nitrogens is 1. The molecule has 4 unspecified atom stereocenters. The second-order valence-corrected chi connectivity index (χ2v) is 17.6. The molecule has 0 aromatic rings. The monoisotopic (exact) mass is 799 g/mol. The lowest BCUT2D eigenvalue weighted by atomic mass is 10.0. The average molecular weight is 799 g/mol. The number of likely N-dealkylation sites (N-methyl/N-ethyl adjacent to an activating group) is 1. The Morgan fingerprint density at radius 2 is 1.22 bits per heavy atom. The zero-order valence-electron chi connectivity index (χ0n) is 35.6. The summed E-state index contributed by atoms with van der Waals surface area (Å²) >= 11 is 0. The van der Waals surface area contributed by atoms with Gasteiger partial charge < -0.3 is 23.6 Å². The number of hydrogen-bond acceptors (Lipinski definition) is 8. The van der Waals surface area contributed by atoms with Gasteiger partial charge in [-0.2, -0.15) is 0 Å². The van der Waals surface area contributed by atoms with Crippen molar-refractivity contribution < 1.29 is 46.8 Å².